The molecule has 0 spiro atoms. The van der Waals surface area contributed by atoms with Crippen molar-refractivity contribution in [2.24, 2.45) is 0 Å². The molecule has 4 heteroatoms. The van der Waals surface area contributed by atoms with E-state index in [9.17, 15) is 5.11 Å². The Morgan fingerprint density at radius 3 is 2.93 bits per heavy atom. The Bertz CT molecular complexity index is 660. The van der Waals surface area contributed by atoms with Crippen molar-refractivity contribution < 1.29 is 5.11 Å². The normalized spacial score (nSPS) is 11.3. The predicted molar refractivity (Wildman–Crippen MR) is 62.1 cm³/mol. The zero-order valence-corrected chi connectivity index (χ0v) is 9.27. The second-order valence-corrected chi connectivity index (χ2v) is 4.14. The fourth-order valence-corrected chi connectivity index (χ4v) is 2.24. The lowest BCUT2D eigenvalue weighted by atomic mass is 10.2. The maximum Gasteiger partial charge on any atom is 0.140 e. The molecule has 0 radical (unpaired) electrons. The van der Waals surface area contributed by atoms with Crippen LogP contribution in [0.2, 0.25) is 0 Å². The molecule has 0 aliphatic rings. The Morgan fingerprint density at radius 2 is 2.07 bits per heavy atom. The number of aromatic nitrogens is 2. The fraction of sp³-hybridized carbons (Fsp3) is 0. The van der Waals surface area contributed by atoms with E-state index in [4.69, 9.17) is 0 Å². The van der Waals surface area contributed by atoms with Gasteiger partial charge in [0.2, 0.25) is 0 Å². The first-order valence-corrected chi connectivity index (χ1v) is 5.30. The molecule has 0 unspecified atom stereocenters. The molecular formula is C11H7BrN2O. The highest BCUT2D eigenvalue weighted by atomic mass is 79.9. The summed E-state index contributed by atoms with van der Waals surface area (Å²) < 4.78 is 2.72. The molecular weight excluding hydrogens is 256 g/mol. The van der Waals surface area contributed by atoms with E-state index in [-0.39, 0.29) is 5.75 Å². The molecule has 0 bridgehead atoms. The van der Waals surface area contributed by atoms with Gasteiger partial charge in [-0.2, -0.15) is 0 Å². The van der Waals surface area contributed by atoms with Crippen molar-refractivity contribution in [3.8, 4) is 5.75 Å². The summed E-state index contributed by atoms with van der Waals surface area (Å²) in [5.41, 5.74) is 1.59. The third kappa shape index (κ3) is 1.15. The standard InChI is InChI=1S/C11H7BrN2O/c12-9-6-13-10-5-4-7-2-1-3-8(15)11(7)14(9)10/h1-6,15H. The lowest BCUT2D eigenvalue weighted by Crippen LogP contribution is -1.88. The van der Waals surface area contributed by atoms with Crippen LogP contribution in [0.1, 0.15) is 0 Å². The summed E-state index contributed by atoms with van der Waals surface area (Å²) in [6, 6.07) is 9.33. The number of aromatic hydroxyl groups is 1. The van der Waals surface area contributed by atoms with Gasteiger partial charge in [-0.3, -0.25) is 4.40 Å². The summed E-state index contributed by atoms with van der Waals surface area (Å²) in [7, 11) is 0. The van der Waals surface area contributed by atoms with Crippen LogP contribution in [-0.4, -0.2) is 14.5 Å². The van der Waals surface area contributed by atoms with Gasteiger partial charge in [-0.15, -0.1) is 0 Å². The van der Waals surface area contributed by atoms with Crippen LogP contribution in [-0.2, 0) is 0 Å². The summed E-state index contributed by atoms with van der Waals surface area (Å²) in [5.74, 6) is 0.261. The summed E-state index contributed by atoms with van der Waals surface area (Å²) in [6.45, 7) is 0. The molecule has 2 heterocycles. The molecule has 0 saturated carbocycles. The number of halogens is 1. The molecule has 2 aromatic heterocycles. The average Bonchev–Trinajstić information content (AvgIpc) is 2.61. The molecule has 0 fully saturated rings. The average molecular weight is 263 g/mol. The number of pyridine rings is 1. The van der Waals surface area contributed by atoms with Crippen molar-refractivity contribution in [1.29, 1.82) is 0 Å². The van der Waals surface area contributed by atoms with Crippen LogP contribution < -0.4 is 0 Å². The van der Waals surface area contributed by atoms with Crippen molar-refractivity contribution >= 4 is 32.5 Å². The van der Waals surface area contributed by atoms with Gasteiger partial charge in [0.1, 0.15) is 16.0 Å². The van der Waals surface area contributed by atoms with Crippen LogP contribution in [0, 0.1) is 0 Å². The number of hydrogen-bond donors (Lipinski definition) is 1. The molecule has 3 rings (SSSR count). The van der Waals surface area contributed by atoms with Crippen LogP contribution in [0.15, 0.2) is 41.1 Å². The van der Waals surface area contributed by atoms with E-state index < -0.39 is 0 Å². The quantitative estimate of drug-likeness (QED) is 0.677. The number of phenolic OH excluding ortho intramolecular Hbond substituents is 1. The van der Waals surface area contributed by atoms with Crippen LogP contribution in [0.4, 0.5) is 0 Å². The number of rotatable bonds is 0. The largest absolute Gasteiger partial charge is 0.506 e. The number of imidazole rings is 1. The number of nitrogens with zero attached hydrogens (tertiary/aromatic N) is 2. The van der Waals surface area contributed by atoms with Gasteiger partial charge in [-0.05, 0) is 34.1 Å². The van der Waals surface area contributed by atoms with Crippen LogP contribution in [0.25, 0.3) is 16.6 Å². The van der Waals surface area contributed by atoms with Crippen molar-refractivity contribution in [2.75, 3.05) is 0 Å². The van der Waals surface area contributed by atoms with Gasteiger partial charge in [-0.1, -0.05) is 12.1 Å². The van der Waals surface area contributed by atoms with Gasteiger partial charge in [0.05, 0.1) is 11.7 Å². The van der Waals surface area contributed by atoms with E-state index in [1.54, 1.807) is 12.3 Å². The van der Waals surface area contributed by atoms with E-state index >= 15 is 0 Å². The van der Waals surface area contributed by atoms with Crippen LogP contribution >= 0.6 is 15.9 Å². The van der Waals surface area contributed by atoms with E-state index in [1.165, 1.54) is 0 Å². The number of benzene rings is 1. The smallest absolute Gasteiger partial charge is 0.140 e. The second kappa shape index (κ2) is 2.97. The zero-order valence-electron chi connectivity index (χ0n) is 7.68. The van der Waals surface area contributed by atoms with Crippen molar-refractivity contribution in [2.45, 2.75) is 0 Å². The minimum atomic E-state index is 0.261. The molecule has 0 aliphatic heterocycles. The molecule has 1 aromatic carbocycles. The Morgan fingerprint density at radius 1 is 1.20 bits per heavy atom. The van der Waals surface area contributed by atoms with Crippen molar-refractivity contribution in [3.05, 3.63) is 41.1 Å². The predicted octanol–water partition coefficient (Wildman–Crippen LogP) is 2.96. The molecule has 0 aliphatic carbocycles. The van der Waals surface area contributed by atoms with E-state index in [0.717, 1.165) is 21.2 Å². The Hall–Kier alpha value is -1.55. The first kappa shape index (κ1) is 8.73. The monoisotopic (exact) mass is 262 g/mol. The molecule has 74 valence electrons. The number of fused-ring (bicyclic) bond motifs is 3. The van der Waals surface area contributed by atoms with Gasteiger partial charge in [0.15, 0.2) is 0 Å². The molecule has 0 amide bonds. The van der Waals surface area contributed by atoms with Gasteiger partial charge < -0.3 is 5.11 Å². The first-order valence-electron chi connectivity index (χ1n) is 4.51. The minimum absolute atomic E-state index is 0.261. The summed E-state index contributed by atoms with van der Waals surface area (Å²) in [4.78, 5) is 4.21. The van der Waals surface area contributed by atoms with Crippen LogP contribution in [0.5, 0.6) is 5.75 Å². The number of phenols is 1. The number of hydrogen-bond acceptors (Lipinski definition) is 2. The lowest BCUT2D eigenvalue weighted by molar-refractivity contribution is 0.480. The molecule has 0 saturated heterocycles. The van der Waals surface area contributed by atoms with E-state index in [2.05, 4.69) is 20.9 Å². The Labute approximate surface area is 94.1 Å². The van der Waals surface area contributed by atoms with Crippen LogP contribution in [0.3, 0.4) is 0 Å². The van der Waals surface area contributed by atoms with Gasteiger partial charge in [0.25, 0.3) is 0 Å². The van der Waals surface area contributed by atoms with Crippen molar-refractivity contribution in [3.63, 3.8) is 0 Å². The third-order valence-corrected chi connectivity index (χ3v) is 2.99. The van der Waals surface area contributed by atoms with Crippen molar-refractivity contribution in [1.82, 2.24) is 9.38 Å². The molecule has 1 N–H and O–H groups in total. The summed E-state index contributed by atoms with van der Waals surface area (Å²) in [5, 5.41) is 10.8. The van der Waals surface area contributed by atoms with Gasteiger partial charge in [-0.25, -0.2) is 4.98 Å². The number of para-hydroxylation sites is 1. The maximum atomic E-state index is 9.84. The minimum Gasteiger partial charge on any atom is -0.506 e. The Kier molecular flexibility index (Phi) is 1.73. The fourth-order valence-electron chi connectivity index (χ4n) is 1.77. The highest BCUT2D eigenvalue weighted by Crippen LogP contribution is 2.27. The van der Waals surface area contributed by atoms with E-state index in [1.807, 2.05) is 28.7 Å². The highest BCUT2D eigenvalue weighted by molar-refractivity contribution is 9.10. The highest BCUT2D eigenvalue weighted by Gasteiger charge is 2.07. The Balaban J connectivity index is 2.68. The summed E-state index contributed by atoms with van der Waals surface area (Å²) in [6.07, 6.45) is 1.72. The van der Waals surface area contributed by atoms with Gasteiger partial charge in [0, 0.05) is 5.39 Å². The zero-order chi connectivity index (χ0) is 10.4. The molecule has 3 nitrogen and oxygen atoms in total. The first-order chi connectivity index (χ1) is 7.27. The molecule has 15 heavy (non-hydrogen) atoms. The van der Waals surface area contributed by atoms with Gasteiger partial charge >= 0.3 is 0 Å². The molecule has 0 atom stereocenters. The second-order valence-electron chi connectivity index (χ2n) is 3.32. The van der Waals surface area contributed by atoms with E-state index in [0.29, 0.717) is 0 Å². The topological polar surface area (TPSA) is 37.5 Å². The SMILES string of the molecule is Oc1cccc2ccc3ncc(Br)n3c12. The third-order valence-electron chi connectivity index (χ3n) is 2.43. The lowest BCUT2D eigenvalue weighted by Gasteiger charge is -2.04. The maximum absolute atomic E-state index is 9.84. The molecule has 3 aromatic rings. The summed E-state index contributed by atoms with van der Waals surface area (Å²) >= 11 is 3.41.